The average molecular weight is 510 g/mol. The van der Waals surface area contributed by atoms with Crippen LogP contribution in [0.4, 0.5) is 5.69 Å². The molecule has 1 aliphatic heterocycles. The molecule has 158 valence electrons. The zero-order valence-electron chi connectivity index (χ0n) is 17.4. The minimum Gasteiger partial charge on any atom is -0.490 e. The van der Waals surface area contributed by atoms with E-state index in [0.29, 0.717) is 19.8 Å². The van der Waals surface area contributed by atoms with E-state index in [9.17, 15) is 0 Å². The Morgan fingerprint density at radius 1 is 1.03 bits per heavy atom. The van der Waals surface area contributed by atoms with Gasteiger partial charge in [0.25, 0.3) is 0 Å². The molecule has 0 amide bonds. The van der Waals surface area contributed by atoms with Crippen molar-refractivity contribution in [1.82, 2.24) is 10.2 Å². The maximum absolute atomic E-state index is 5.78. The number of nitrogens with zero attached hydrogens (tertiary/aromatic N) is 2. The first-order valence-electron chi connectivity index (χ1n) is 9.81. The van der Waals surface area contributed by atoms with Crippen molar-refractivity contribution in [2.75, 3.05) is 39.2 Å². The number of anilines is 1. The number of halogens is 1. The molecule has 0 spiro atoms. The lowest BCUT2D eigenvalue weighted by Gasteiger charge is -2.14. The number of hydrogen-bond acceptors (Lipinski definition) is 4. The molecule has 2 N–H and O–H groups in total. The number of fused-ring (bicyclic) bond motifs is 1. The van der Waals surface area contributed by atoms with Crippen molar-refractivity contribution in [1.29, 1.82) is 0 Å². The van der Waals surface area contributed by atoms with E-state index in [1.807, 2.05) is 18.2 Å². The molecule has 0 fully saturated rings. The fourth-order valence-electron chi connectivity index (χ4n) is 3.05. The first-order chi connectivity index (χ1) is 13.6. The lowest BCUT2D eigenvalue weighted by atomic mass is 10.1. The van der Waals surface area contributed by atoms with E-state index in [1.165, 1.54) is 11.1 Å². The largest absolute Gasteiger partial charge is 0.490 e. The number of guanidine groups is 1. The number of ether oxygens (including phenoxy) is 2. The molecule has 0 aromatic heterocycles. The summed E-state index contributed by atoms with van der Waals surface area (Å²) < 4.78 is 11.5. The Balaban J connectivity index is 0.00000300. The zero-order valence-corrected chi connectivity index (χ0v) is 19.7. The Bertz CT molecular complexity index is 811. The summed E-state index contributed by atoms with van der Waals surface area (Å²) in [5.41, 5.74) is 3.40. The van der Waals surface area contributed by atoms with Gasteiger partial charge in [-0.1, -0.05) is 24.3 Å². The van der Waals surface area contributed by atoms with Gasteiger partial charge in [-0.3, -0.25) is 0 Å². The summed E-state index contributed by atoms with van der Waals surface area (Å²) in [5, 5.41) is 6.66. The normalized spacial score (nSPS) is 13.4. The second-order valence-electron chi connectivity index (χ2n) is 7.09. The lowest BCUT2D eigenvalue weighted by molar-refractivity contribution is 0.297. The second kappa shape index (κ2) is 11.9. The van der Waals surface area contributed by atoms with Crippen LogP contribution in [0.25, 0.3) is 0 Å². The number of rotatable bonds is 6. The van der Waals surface area contributed by atoms with Crippen molar-refractivity contribution in [3.05, 3.63) is 53.6 Å². The van der Waals surface area contributed by atoms with E-state index >= 15 is 0 Å². The van der Waals surface area contributed by atoms with Crippen molar-refractivity contribution in [3.63, 3.8) is 0 Å². The van der Waals surface area contributed by atoms with E-state index in [0.717, 1.165) is 42.7 Å². The van der Waals surface area contributed by atoms with E-state index in [4.69, 9.17) is 14.5 Å². The predicted molar refractivity (Wildman–Crippen MR) is 130 cm³/mol. The molecule has 7 heteroatoms. The number of aliphatic imine (C=N–C) groups is 1. The highest BCUT2D eigenvalue weighted by Crippen LogP contribution is 2.32. The Kier molecular flexibility index (Phi) is 9.53. The maximum atomic E-state index is 5.78. The Morgan fingerprint density at radius 3 is 2.55 bits per heavy atom. The minimum absolute atomic E-state index is 0. The van der Waals surface area contributed by atoms with Crippen LogP contribution in [0.2, 0.25) is 0 Å². The molecular weight excluding hydrogens is 479 g/mol. The molecule has 29 heavy (non-hydrogen) atoms. The summed E-state index contributed by atoms with van der Waals surface area (Å²) in [6, 6.07) is 14.4. The number of benzene rings is 2. The molecule has 2 aromatic rings. The van der Waals surface area contributed by atoms with E-state index < -0.39 is 0 Å². The van der Waals surface area contributed by atoms with Crippen molar-refractivity contribution in [3.8, 4) is 11.5 Å². The number of hydrogen-bond donors (Lipinski definition) is 2. The van der Waals surface area contributed by atoms with Crippen LogP contribution in [0.1, 0.15) is 24.5 Å². The summed E-state index contributed by atoms with van der Waals surface area (Å²) in [6.07, 6.45) is 0.897. The highest BCUT2D eigenvalue weighted by atomic mass is 127. The predicted octanol–water partition coefficient (Wildman–Crippen LogP) is 4.11. The molecule has 1 aliphatic rings. The fraction of sp³-hybridized carbons (Fsp3) is 0.409. The van der Waals surface area contributed by atoms with Crippen LogP contribution in [0.3, 0.4) is 0 Å². The third-order valence-corrected chi connectivity index (χ3v) is 4.26. The summed E-state index contributed by atoms with van der Waals surface area (Å²) in [6.45, 7) is 5.75. The van der Waals surface area contributed by atoms with Gasteiger partial charge in [0.1, 0.15) is 0 Å². The number of nitrogens with one attached hydrogen (secondary N) is 2. The first-order valence-corrected chi connectivity index (χ1v) is 9.81. The van der Waals surface area contributed by atoms with E-state index in [-0.39, 0.29) is 24.0 Å². The molecule has 0 unspecified atom stereocenters. The smallest absolute Gasteiger partial charge is 0.196 e. The van der Waals surface area contributed by atoms with Gasteiger partial charge in [0.05, 0.1) is 19.8 Å². The molecule has 0 radical (unpaired) electrons. The quantitative estimate of drug-likeness (QED) is 0.348. The van der Waals surface area contributed by atoms with Gasteiger partial charge in [-0.15, -0.1) is 24.0 Å². The lowest BCUT2D eigenvalue weighted by Crippen LogP contribution is -2.30. The molecule has 6 nitrogen and oxygen atoms in total. The van der Waals surface area contributed by atoms with Crippen LogP contribution in [0.5, 0.6) is 11.5 Å². The van der Waals surface area contributed by atoms with Crippen LogP contribution in [-0.4, -0.2) is 44.7 Å². The third kappa shape index (κ3) is 7.40. The Morgan fingerprint density at radius 2 is 1.79 bits per heavy atom. The van der Waals surface area contributed by atoms with Gasteiger partial charge >= 0.3 is 0 Å². The van der Waals surface area contributed by atoms with Crippen molar-refractivity contribution in [2.45, 2.75) is 26.4 Å². The summed E-state index contributed by atoms with van der Waals surface area (Å²) >= 11 is 0. The van der Waals surface area contributed by atoms with Gasteiger partial charge in [0, 0.05) is 31.3 Å². The second-order valence-corrected chi connectivity index (χ2v) is 7.09. The highest BCUT2D eigenvalue weighted by molar-refractivity contribution is 14.0. The standard InChI is InChI=1S/C22H30N4O2.HI/c1-4-23-22(24-15-17-7-5-8-18(13-17)16-26(2)3)25-19-9-10-20-21(14-19)28-12-6-11-27-20;/h5,7-10,13-14H,4,6,11-12,15-16H2,1-3H3,(H2,23,24,25);1H. The molecule has 0 saturated carbocycles. The molecule has 3 rings (SSSR count). The van der Waals surface area contributed by atoms with Gasteiger partial charge in [0.15, 0.2) is 17.5 Å². The van der Waals surface area contributed by atoms with Gasteiger partial charge in [0.2, 0.25) is 0 Å². The fourth-order valence-corrected chi connectivity index (χ4v) is 3.05. The van der Waals surface area contributed by atoms with Crippen molar-refractivity contribution in [2.24, 2.45) is 4.99 Å². The van der Waals surface area contributed by atoms with Gasteiger partial charge in [-0.2, -0.15) is 0 Å². The summed E-state index contributed by atoms with van der Waals surface area (Å²) in [4.78, 5) is 6.90. The SMILES string of the molecule is CCNC(=NCc1cccc(CN(C)C)c1)Nc1ccc2c(c1)OCCCO2.I. The molecule has 0 atom stereocenters. The topological polar surface area (TPSA) is 58.1 Å². The molecule has 0 bridgehead atoms. The van der Waals surface area contributed by atoms with Crippen LogP contribution < -0.4 is 20.1 Å². The molecule has 0 aliphatic carbocycles. The third-order valence-electron chi connectivity index (χ3n) is 4.26. The first kappa shape index (κ1) is 23.3. The van der Waals surface area contributed by atoms with Crippen LogP contribution in [-0.2, 0) is 13.1 Å². The van der Waals surface area contributed by atoms with Crippen molar-refractivity contribution >= 4 is 35.6 Å². The highest BCUT2D eigenvalue weighted by Gasteiger charge is 2.11. The van der Waals surface area contributed by atoms with Crippen LogP contribution in [0, 0.1) is 0 Å². The molecule has 1 heterocycles. The van der Waals surface area contributed by atoms with E-state index in [1.54, 1.807) is 0 Å². The van der Waals surface area contributed by atoms with Crippen LogP contribution in [0.15, 0.2) is 47.5 Å². The van der Waals surface area contributed by atoms with Gasteiger partial charge < -0.3 is 25.0 Å². The monoisotopic (exact) mass is 510 g/mol. The van der Waals surface area contributed by atoms with Gasteiger partial charge in [-0.25, -0.2) is 4.99 Å². The molecule has 2 aromatic carbocycles. The average Bonchev–Trinajstić information content (AvgIpc) is 2.91. The Hall–Kier alpha value is -2.00. The van der Waals surface area contributed by atoms with E-state index in [2.05, 4.69) is 60.8 Å². The Labute approximate surface area is 190 Å². The van der Waals surface area contributed by atoms with Gasteiger partial charge in [-0.05, 0) is 44.3 Å². The summed E-state index contributed by atoms with van der Waals surface area (Å²) in [7, 11) is 4.15. The minimum atomic E-state index is 0. The molecule has 0 saturated heterocycles. The maximum Gasteiger partial charge on any atom is 0.196 e. The summed E-state index contributed by atoms with van der Waals surface area (Å²) in [5.74, 6) is 2.31. The zero-order chi connectivity index (χ0) is 19.8. The van der Waals surface area contributed by atoms with Crippen molar-refractivity contribution < 1.29 is 9.47 Å². The van der Waals surface area contributed by atoms with Crippen LogP contribution >= 0.6 is 24.0 Å². The molecular formula is C22H31IN4O2.